The molecule has 8 heteroatoms. The minimum atomic E-state index is 0.0655. The number of piperidine rings is 2. The second kappa shape index (κ2) is 9.17. The molecule has 2 aliphatic heterocycles. The first kappa shape index (κ1) is 19.6. The number of pyridine rings is 1. The minimum absolute atomic E-state index is 0.0655. The zero-order valence-corrected chi connectivity index (χ0v) is 16.7. The molecule has 0 bridgehead atoms. The molecular formula is C21H29N7O. The van der Waals surface area contributed by atoms with Crippen LogP contribution in [0.3, 0.4) is 0 Å². The van der Waals surface area contributed by atoms with Crippen molar-refractivity contribution in [2.45, 2.75) is 38.3 Å². The number of carbonyl (C=O) groups excluding carboxylic acids is 1. The van der Waals surface area contributed by atoms with Crippen LogP contribution in [0, 0.1) is 5.92 Å². The first-order valence-electron chi connectivity index (χ1n) is 10.4. The summed E-state index contributed by atoms with van der Waals surface area (Å²) in [4.78, 5) is 30.2. The molecule has 2 aromatic rings. The summed E-state index contributed by atoms with van der Waals surface area (Å²) >= 11 is 0. The topological polar surface area (TPSA) is 100 Å². The van der Waals surface area contributed by atoms with Gasteiger partial charge in [-0.25, -0.2) is 4.98 Å². The highest BCUT2D eigenvalue weighted by molar-refractivity contribution is 5.78. The fourth-order valence-electron chi connectivity index (χ4n) is 4.33. The zero-order chi connectivity index (χ0) is 20.1. The van der Waals surface area contributed by atoms with Crippen molar-refractivity contribution < 1.29 is 4.79 Å². The Balaban J connectivity index is 1.27. The fourth-order valence-corrected chi connectivity index (χ4v) is 4.33. The molecule has 2 aliphatic rings. The Morgan fingerprint density at radius 1 is 1.17 bits per heavy atom. The molecule has 3 N–H and O–H groups in total. The molecule has 4 heterocycles. The van der Waals surface area contributed by atoms with Gasteiger partial charge in [0, 0.05) is 50.8 Å². The zero-order valence-electron chi connectivity index (χ0n) is 16.7. The molecule has 2 fully saturated rings. The van der Waals surface area contributed by atoms with E-state index in [0.29, 0.717) is 18.4 Å². The van der Waals surface area contributed by atoms with Gasteiger partial charge in [-0.3, -0.25) is 14.7 Å². The van der Waals surface area contributed by atoms with Crippen LogP contribution in [0.5, 0.6) is 0 Å². The lowest BCUT2D eigenvalue weighted by Gasteiger charge is -2.42. The standard InChI is InChI=1S/C21H29N7O/c22-19-5-9-24-21(26-19)27-11-6-18(7-12-27)28-10-2-4-17(15-28)20(29)25-14-16-3-1-8-23-13-16/h1,3,5,8-9,13,17-18H,2,4,6-7,10-12,14-15H2,(H,25,29)(H2,22,24,26)/t17-/m0/s1. The number of anilines is 2. The Hall–Kier alpha value is -2.74. The van der Waals surface area contributed by atoms with Crippen molar-refractivity contribution in [1.82, 2.24) is 25.2 Å². The van der Waals surface area contributed by atoms with Crippen LogP contribution >= 0.6 is 0 Å². The maximum atomic E-state index is 12.7. The van der Waals surface area contributed by atoms with E-state index in [9.17, 15) is 4.79 Å². The monoisotopic (exact) mass is 395 g/mol. The van der Waals surface area contributed by atoms with Gasteiger partial charge in [0.1, 0.15) is 5.82 Å². The Kier molecular flexibility index (Phi) is 6.19. The minimum Gasteiger partial charge on any atom is -0.384 e. The van der Waals surface area contributed by atoms with Crippen LogP contribution in [0.15, 0.2) is 36.8 Å². The quantitative estimate of drug-likeness (QED) is 0.790. The van der Waals surface area contributed by atoms with Crippen LogP contribution in [0.2, 0.25) is 0 Å². The van der Waals surface area contributed by atoms with Gasteiger partial charge in [-0.15, -0.1) is 0 Å². The van der Waals surface area contributed by atoms with E-state index >= 15 is 0 Å². The van der Waals surface area contributed by atoms with Gasteiger partial charge in [0.15, 0.2) is 0 Å². The van der Waals surface area contributed by atoms with Gasteiger partial charge >= 0.3 is 0 Å². The lowest BCUT2D eigenvalue weighted by atomic mass is 9.93. The number of nitrogens with zero attached hydrogens (tertiary/aromatic N) is 5. The van der Waals surface area contributed by atoms with E-state index in [4.69, 9.17) is 5.73 Å². The van der Waals surface area contributed by atoms with Crippen LogP contribution in [-0.2, 0) is 11.3 Å². The summed E-state index contributed by atoms with van der Waals surface area (Å²) in [6.07, 6.45) is 9.40. The van der Waals surface area contributed by atoms with E-state index in [0.717, 1.165) is 63.4 Å². The second-order valence-electron chi connectivity index (χ2n) is 7.91. The molecule has 0 aromatic carbocycles. The average molecular weight is 396 g/mol. The van der Waals surface area contributed by atoms with Gasteiger partial charge in [0.2, 0.25) is 11.9 Å². The number of hydrogen-bond acceptors (Lipinski definition) is 7. The van der Waals surface area contributed by atoms with Crippen molar-refractivity contribution in [3.63, 3.8) is 0 Å². The molecular weight excluding hydrogens is 366 g/mol. The van der Waals surface area contributed by atoms with Crippen molar-refractivity contribution in [2.75, 3.05) is 36.8 Å². The maximum Gasteiger partial charge on any atom is 0.227 e. The molecule has 0 aliphatic carbocycles. The van der Waals surface area contributed by atoms with Crippen LogP contribution in [0.4, 0.5) is 11.8 Å². The lowest BCUT2D eigenvalue weighted by molar-refractivity contribution is -0.127. The summed E-state index contributed by atoms with van der Waals surface area (Å²) in [7, 11) is 0. The fraction of sp³-hybridized carbons (Fsp3) is 0.524. The Morgan fingerprint density at radius 2 is 2.03 bits per heavy atom. The largest absolute Gasteiger partial charge is 0.384 e. The number of nitrogens with two attached hydrogens (primary N) is 1. The summed E-state index contributed by atoms with van der Waals surface area (Å²) in [5.41, 5.74) is 6.82. The van der Waals surface area contributed by atoms with Crippen LogP contribution in [0.25, 0.3) is 0 Å². The van der Waals surface area contributed by atoms with E-state index in [-0.39, 0.29) is 11.8 Å². The Labute approximate surface area is 171 Å². The predicted octanol–water partition coefficient (Wildman–Crippen LogP) is 1.45. The molecule has 0 unspecified atom stereocenters. The normalized spacial score (nSPS) is 21.1. The summed E-state index contributed by atoms with van der Waals surface area (Å²) in [6.45, 7) is 4.30. The molecule has 1 amide bonds. The number of hydrogen-bond donors (Lipinski definition) is 2. The molecule has 29 heavy (non-hydrogen) atoms. The molecule has 2 aromatic heterocycles. The molecule has 0 saturated carbocycles. The summed E-state index contributed by atoms with van der Waals surface area (Å²) in [5, 5.41) is 3.08. The lowest BCUT2D eigenvalue weighted by Crippen LogP contribution is -2.51. The molecule has 1 atom stereocenters. The van der Waals surface area contributed by atoms with Gasteiger partial charge in [0.25, 0.3) is 0 Å². The number of amides is 1. The number of aromatic nitrogens is 3. The Bertz CT molecular complexity index is 808. The summed E-state index contributed by atoms with van der Waals surface area (Å²) in [5.74, 6) is 1.45. The van der Waals surface area contributed by atoms with Gasteiger partial charge in [0.05, 0.1) is 5.92 Å². The van der Waals surface area contributed by atoms with Crippen molar-refractivity contribution in [3.8, 4) is 0 Å². The number of likely N-dealkylation sites (tertiary alicyclic amines) is 1. The van der Waals surface area contributed by atoms with E-state index in [1.54, 1.807) is 24.7 Å². The highest BCUT2D eigenvalue weighted by Crippen LogP contribution is 2.25. The third-order valence-corrected chi connectivity index (χ3v) is 5.94. The third kappa shape index (κ3) is 5.00. The first-order valence-corrected chi connectivity index (χ1v) is 10.4. The molecule has 8 nitrogen and oxygen atoms in total. The summed E-state index contributed by atoms with van der Waals surface area (Å²) < 4.78 is 0. The SMILES string of the molecule is Nc1ccnc(N2CCC(N3CCC[C@H](C(=O)NCc4cccnc4)C3)CC2)n1. The number of rotatable bonds is 5. The van der Waals surface area contributed by atoms with Crippen molar-refractivity contribution in [1.29, 1.82) is 0 Å². The molecule has 0 radical (unpaired) electrons. The third-order valence-electron chi connectivity index (χ3n) is 5.94. The number of nitrogen functional groups attached to an aromatic ring is 1. The van der Waals surface area contributed by atoms with Gasteiger partial charge in [-0.05, 0) is 49.9 Å². The van der Waals surface area contributed by atoms with E-state index in [1.165, 1.54) is 0 Å². The molecule has 0 spiro atoms. The second-order valence-corrected chi connectivity index (χ2v) is 7.91. The van der Waals surface area contributed by atoms with E-state index in [2.05, 4.69) is 30.1 Å². The first-order chi connectivity index (χ1) is 14.2. The van der Waals surface area contributed by atoms with Gasteiger partial charge < -0.3 is 16.0 Å². The van der Waals surface area contributed by atoms with Crippen LogP contribution < -0.4 is 16.0 Å². The smallest absolute Gasteiger partial charge is 0.227 e. The number of nitrogens with one attached hydrogen (secondary N) is 1. The van der Waals surface area contributed by atoms with Crippen molar-refractivity contribution in [2.24, 2.45) is 5.92 Å². The van der Waals surface area contributed by atoms with Crippen molar-refractivity contribution >= 4 is 17.7 Å². The predicted molar refractivity (Wildman–Crippen MR) is 112 cm³/mol. The Morgan fingerprint density at radius 3 is 2.79 bits per heavy atom. The van der Waals surface area contributed by atoms with Gasteiger partial charge in [-0.1, -0.05) is 6.07 Å². The molecule has 2 saturated heterocycles. The number of carbonyl (C=O) groups is 1. The highest BCUT2D eigenvalue weighted by Gasteiger charge is 2.32. The van der Waals surface area contributed by atoms with Gasteiger partial charge in [-0.2, -0.15) is 4.98 Å². The molecule has 4 rings (SSSR count). The average Bonchev–Trinajstić information content (AvgIpc) is 2.78. The van der Waals surface area contributed by atoms with Crippen molar-refractivity contribution in [3.05, 3.63) is 42.4 Å². The van der Waals surface area contributed by atoms with E-state index < -0.39 is 0 Å². The van der Waals surface area contributed by atoms with E-state index in [1.807, 2.05) is 12.1 Å². The van der Waals surface area contributed by atoms with Crippen LogP contribution in [-0.4, -0.2) is 58.0 Å². The van der Waals surface area contributed by atoms with Crippen LogP contribution in [0.1, 0.15) is 31.2 Å². The maximum absolute atomic E-state index is 12.7. The highest BCUT2D eigenvalue weighted by atomic mass is 16.1. The molecule has 154 valence electrons. The summed E-state index contributed by atoms with van der Waals surface area (Å²) in [6, 6.07) is 6.11.